The predicted molar refractivity (Wildman–Crippen MR) is 112 cm³/mol. The highest BCUT2D eigenvalue weighted by molar-refractivity contribution is 7.99. The molecule has 148 valence electrons. The summed E-state index contributed by atoms with van der Waals surface area (Å²) in [5, 5.41) is 12.3. The number of nitrogens with zero attached hydrogens (tertiary/aromatic N) is 3. The molecule has 0 aliphatic heterocycles. The van der Waals surface area contributed by atoms with Crippen molar-refractivity contribution in [2.24, 2.45) is 0 Å². The maximum Gasteiger partial charge on any atom is 0.234 e. The molecule has 0 aliphatic carbocycles. The Morgan fingerprint density at radius 3 is 2.79 bits per heavy atom. The first-order valence-electron chi connectivity index (χ1n) is 8.82. The van der Waals surface area contributed by atoms with Crippen LogP contribution in [0.3, 0.4) is 0 Å². The number of nitrogens with two attached hydrogens (primary N) is 1. The molecule has 2 heterocycles. The number of para-hydroxylation sites is 1. The third kappa shape index (κ3) is 3.90. The van der Waals surface area contributed by atoms with Gasteiger partial charge < -0.3 is 20.3 Å². The smallest absolute Gasteiger partial charge is 0.234 e. The molecular weight excluding hydrogens is 390 g/mol. The second-order valence-electron chi connectivity index (χ2n) is 6.37. The summed E-state index contributed by atoms with van der Waals surface area (Å²) < 4.78 is 12.5. The Kier molecular flexibility index (Phi) is 5.13. The minimum Gasteiger partial charge on any atom is -0.493 e. The van der Waals surface area contributed by atoms with Gasteiger partial charge >= 0.3 is 0 Å². The molecule has 2 aromatic carbocycles. The van der Waals surface area contributed by atoms with Crippen LogP contribution in [0.2, 0.25) is 0 Å². The van der Waals surface area contributed by atoms with Gasteiger partial charge in [0.1, 0.15) is 0 Å². The van der Waals surface area contributed by atoms with Crippen LogP contribution in [0.5, 0.6) is 5.75 Å². The fourth-order valence-corrected chi connectivity index (χ4v) is 3.47. The molecule has 4 aromatic rings. The summed E-state index contributed by atoms with van der Waals surface area (Å²) in [5.41, 5.74) is 2.48. The number of rotatable bonds is 6. The van der Waals surface area contributed by atoms with E-state index in [0.29, 0.717) is 28.1 Å². The Labute approximate surface area is 171 Å². The molecule has 0 fully saturated rings. The molecule has 3 N–H and O–H groups in total. The lowest BCUT2D eigenvalue weighted by atomic mass is 10.2. The van der Waals surface area contributed by atoms with E-state index < -0.39 is 0 Å². The lowest BCUT2D eigenvalue weighted by Gasteiger charge is -2.05. The molecule has 29 heavy (non-hydrogen) atoms. The number of nitrogen functional groups attached to an aromatic ring is 1. The first-order valence-corrected chi connectivity index (χ1v) is 9.80. The molecular formula is C20H19N5O3S. The van der Waals surface area contributed by atoms with Gasteiger partial charge in [0.05, 0.1) is 12.9 Å². The minimum atomic E-state index is -0.156. The molecule has 9 heteroatoms. The third-order valence-electron chi connectivity index (χ3n) is 4.28. The highest BCUT2D eigenvalue weighted by Crippen LogP contribution is 2.33. The van der Waals surface area contributed by atoms with Gasteiger partial charge in [-0.05, 0) is 31.2 Å². The highest BCUT2D eigenvalue weighted by Gasteiger charge is 2.18. The molecule has 0 bridgehead atoms. The number of carbonyl (C=O) groups is 1. The van der Waals surface area contributed by atoms with Crippen molar-refractivity contribution in [3.63, 3.8) is 0 Å². The number of benzene rings is 2. The van der Waals surface area contributed by atoms with Crippen LogP contribution in [0.4, 0.5) is 5.69 Å². The van der Waals surface area contributed by atoms with E-state index in [-0.39, 0.29) is 11.7 Å². The molecule has 0 radical (unpaired) electrons. The van der Waals surface area contributed by atoms with Crippen LogP contribution in [0.15, 0.2) is 58.1 Å². The van der Waals surface area contributed by atoms with Crippen LogP contribution in [0.1, 0.15) is 5.56 Å². The van der Waals surface area contributed by atoms with Crippen molar-refractivity contribution < 1.29 is 13.9 Å². The van der Waals surface area contributed by atoms with Gasteiger partial charge in [-0.25, -0.2) is 4.68 Å². The molecule has 0 atom stereocenters. The lowest BCUT2D eigenvalue weighted by molar-refractivity contribution is -0.113. The Morgan fingerprint density at radius 2 is 2.03 bits per heavy atom. The maximum absolute atomic E-state index is 12.2. The SMILES string of the molecule is COc1cccc2cc(-c3nnc(SCC(=O)Nc4ccc(C)cc4)n3N)oc12. The van der Waals surface area contributed by atoms with Gasteiger partial charge in [0, 0.05) is 11.1 Å². The third-order valence-corrected chi connectivity index (χ3v) is 5.22. The Bertz CT molecular complexity index is 1170. The number of methoxy groups -OCH3 is 1. The summed E-state index contributed by atoms with van der Waals surface area (Å²) in [6.07, 6.45) is 0. The molecule has 0 saturated carbocycles. The number of fused-ring (bicyclic) bond motifs is 1. The number of hydrogen-bond acceptors (Lipinski definition) is 7. The predicted octanol–water partition coefficient (Wildman–Crippen LogP) is 3.45. The average Bonchev–Trinajstić information content (AvgIpc) is 3.31. The Hall–Kier alpha value is -3.46. The van der Waals surface area contributed by atoms with Gasteiger partial charge in [0.25, 0.3) is 0 Å². The van der Waals surface area contributed by atoms with Crippen molar-refractivity contribution in [2.45, 2.75) is 12.1 Å². The number of thioether (sulfide) groups is 1. The van der Waals surface area contributed by atoms with Crippen molar-refractivity contribution in [3.05, 3.63) is 54.1 Å². The van der Waals surface area contributed by atoms with Gasteiger partial charge in [-0.2, -0.15) is 0 Å². The minimum absolute atomic E-state index is 0.150. The summed E-state index contributed by atoms with van der Waals surface area (Å²) in [4.78, 5) is 12.2. The number of ether oxygens (including phenoxy) is 1. The van der Waals surface area contributed by atoms with Gasteiger partial charge in [-0.3, -0.25) is 4.79 Å². The van der Waals surface area contributed by atoms with Gasteiger partial charge in [0.15, 0.2) is 17.1 Å². The normalized spacial score (nSPS) is 11.0. The molecule has 1 amide bonds. The van der Waals surface area contributed by atoms with E-state index in [2.05, 4.69) is 15.5 Å². The Balaban J connectivity index is 1.47. The standard InChI is InChI=1S/C20H19N5O3S/c1-12-6-8-14(9-7-12)22-17(26)11-29-20-24-23-19(25(20)21)16-10-13-4-3-5-15(27-2)18(13)28-16/h3-10H,11,21H2,1-2H3,(H,22,26). The lowest BCUT2D eigenvalue weighted by Crippen LogP contribution is -2.16. The van der Waals surface area contributed by atoms with Crippen molar-refractivity contribution in [2.75, 3.05) is 24.0 Å². The van der Waals surface area contributed by atoms with E-state index in [9.17, 15) is 4.79 Å². The first-order chi connectivity index (χ1) is 14.0. The number of anilines is 1. The monoisotopic (exact) mass is 409 g/mol. The first kappa shape index (κ1) is 18.9. The van der Waals surface area contributed by atoms with Crippen molar-refractivity contribution in [1.82, 2.24) is 14.9 Å². The van der Waals surface area contributed by atoms with E-state index in [4.69, 9.17) is 15.0 Å². The fourth-order valence-electron chi connectivity index (χ4n) is 2.81. The van der Waals surface area contributed by atoms with Gasteiger partial charge in [-0.15, -0.1) is 10.2 Å². The molecule has 0 aliphatic rings. The van der Waals surface area contributed by atoms with Crippen LogP contribution in [-0.2, 0) is 4.79 Å². The zero-order valence-corrected chi connectivity index (χ0v) is 16.7. The zero-order chi connectivity index (χ0) is 20.4. The van der Waals surface area contributed by atoms with Crippen molar-refractivity contribution in [3.8, 4) is 17.3 Å². The van der Waals surface area contributed by atoms with Crippen LogP contribution >= 0.6 is 11.8 Å². The van der Waals surface area contributed by atoms with Gasteiger partial charge in [0.2, 0.25) is 16.9 Å². The van der Waals surface area contributed by atoms with Gasteiger partial charge in [-0.1, -0.05) is 41.6 Å². The number of furan rings is 1. The van der Waals surface area contributed by atoms with Crippen LogP contribution in [-0.4, -0.2) is 33.6 Å². The van der Waals surface area contributed by atoms with E-state index in [0.717, 1.165) is 16.6 Å². The number of aryl methyl sites for hydroxylation is 1. The second-order valence-corrected chi connectivity index (χ2v) is 7.31. The van der Waals surface area contributed by atoms with E-state index in [1.165, 1.54) is 16.4 Å². The number of hydrogen-bond donors (Lipinski definition) is 2. The topological polar surface area (TPSA) is 108 Å². The van der Waals surface area contributed by atoms with Crippen LogP contribution in [0, 0.1) is 6.92 Å². The van der Waals surface area contributed by atoms with Crippen molar-refractivity contribution >= 4 is 34.3 Å². The molecule has 2 aromatic heterocycles. The number of aromatic nitrogens is 3. The number of carbonyl (C=O) groups excluding carboxylic acids is 1. The number of nitrogens with one attached hydrogen (secondary N) is 1. The fraction of sp³-hybridized carbons (Fsp3) is 0.150. The largest absolute Gasteiger partial charge is 0.493 e. The van der Waals surface area contributed by atoms with Crippen LogP contribution in [0.25, 0.3) is 22.6 Å². The Morgan fingerprint density at radius 1 is 1.24 bits per heavy atom. The molecule has 0 unspecified atom stereocenters. The quantitative estimate of drug-likeness (QED) is 0.371. The zero-order valence-electron chi connectivity index (χ0n) is 15.9. The molecule has 0 spiro atoms. The summed E-state index contributed by atoms with van der Waals surface area (Å²) >= 11 is 1.19. The summed E-state index contributed by atoms with van der Waals surface area (Å²) in [6.45, 7) is 1.99. The average molecular weight is 409 g/mol. The maximum atomic E-state index is 12.2. The molecule has 4 rings (SSSR count). The summed E-state index contributed by atoms with van der Waals surface area (Å²) in [5.74, 6) is 7.58. The van der Waals surface area contributed by atoms with E-state index in [1.807, 2.05) is 55.5 Å². The molecule has 8 nitrogen and oxygen atoms in total. The van der Waals surface area contributed by atoms with E-state index >= 15 is 0 Å². The van der Waals surface area contributed by atoms with Crippen molar-refractivity contribution in [1.29, 1.82) is 0 Å². The van der Waals surface area contributed by atoms with Crippen LogP contribution < -0.4 is 15.9 Å². The molecule has 0 saturated heterocycles. The summed E-state index contributed by atoms with van der Waals surface area (Å²) in [7, 11) is 1.58. The van der Waals surface area contributed by atoms with E-state index in [1.54, 1.807) is 7.11 Å². The summed E-state index contributed by atoms with van der Waals surface area (Å²) in [6, 6.07) is 15.0. The second kappa shape index (κ2) is 7.88. The number of amides is 1. The highest BCUT2D eigenvalue weighted by atomic mass is 32.2.